The van der Waals surface area contributed by atoms with Crippen LogP contribution in [-0.2, 0) is 20.8 Å². The molecule has 1 aliphatic heterocycles. The number of carbonyl (C=O) groups is 3. The molecule has 0 fully saturated rings. The fourth-order valence-corrected chi connectivity index (χ4v) is 4.03. The zero-order valence-electron chi connectivity index (χ0n) is 19.9. The molecule has 186 valence electrons. The summed E-state index contributed by atoms with van der Waals surface area (Å²) in [5, 5.41) is 10.2. The van der Waals surface area contributed by atoms with Crippen LogP contribution in [0, 0.1) is 0 Å². The maximum Gasteiger partial charge on any atom is 0.359 e. The first-order valence-electron chi connectivity index (χ1n) is 11.6. The number of nitrogens with one attached hydrogen (secondary N) is 2. The number of fused-ring (bicyclic) bond motifs is 1. The van der Waals surface area contributed by atoms with Crippen molar-refractivity contribution in [3.8, 4) is 0 Å². The van der Waals surface area contributed by atoms with Gasteiger partial charge in [0.1, 0.15) is 6.61 Å². The Bertz CT molecular complexity index is 1400. The SMILES string of the molecule is CCCn1nc(C(=O)OCC2=C(C(=O)OCC)C(c3ccccc3)NC(=O)N2)c2ccccc2c1=O. The molecule has 1 aliphatic rings. The molecule has 2 heterocycles. The number of benzene rings is 2. The zero-order valence-corrected chi connectivity index (χ0v) is 19.9. The monoisotopic (exact) mass is 490 g/mol. The van der Waals surface area contributed by atoms with Crippen molar-refractivity contribution >= 4 is 28.7 Å². The molecule has 0 saturated heterocycles. The maximum atomic E-state index is 13.1. The first-order valence-corrected chi connectivity index (χ1v) is 11.6. The smallest absolute Gasteiger partial charge is 0.359 e. The highest BCUT2D eigenvalue weighted by Gasteiger charge is 2.34. The van der Waals surface area contributed by atoms with Crippen LogP contribution in [0.5, 0.6) is 0 Å². The van der Waals surface area contributed by atoms with Gasteiger partial charge in [-0.3, -0.25) is 4.79 Å². The van der Waals surface area contributed by atoms with Crippen molar-refractivity contribution in [2.24, 2.45) is 0 Å². The number of hydrogen-bond donors (Lipinski definition) is 2. The van der Waals surface area contributed by atoms with Crippen molar-refractivity contribution in [3.63, 3.8) is 0 Å². The molecule has 3 aromatic rings. The van der Waals surface area contributed by atoms with Crippen LogP contribution in [0.1, 0.15) is 42.4 Å². The van der Waals surface area contributed by atoms with Crippen molar-refractivity contribution in [1.82, 2.24) is 20.4 Å². The molecular weight excluding hydrogens is 464 g/mol. The number of amides is 2. The van der Waals surface area contributed by atoms with E-state index in [1.807, 2.05) is 13.0 Å². The number of urea groups is 1. The molecule has 0 aliphatic carbocycles. The minimum Gasteiger partial charge on any atom is -0.463 e. The number of esters is 2. The van der Waals surface area contributed by atoms with Crippen molar-refractivity contribution in [3.05, 3.63) is 87.5 Å². The molecule has 1 atom stereocenters. The highest BCUT2D eigenvalue weighted by Crippen LogP contribution is 2.28. The molecule has 1 unspecified atom stereocenters. The minimum atomic E-state index is -0.796. The molecule has 2 N–H and O–H groups in total. The number of aryl methyl sites for hydroxylation is 1. The third-order valence-corrected chi connectivity index (χ3v) is 5.63. The van der Waals surface area contributed by atoms with E-state index < -0.39 is 30.6 Å². The van der Waals surface area contributed by atoms with E-state index in [-0.39, 0.29) is 29.1 Å². The Hall–Kier alpha value is -4.47. The van der Waals surface area contributed by atoms with E-state index in [4.69, 9.17) is 9.47 Å². The summed E-state index contributed by atoms with van der Waals surface area (Å²) in [6.07, 6.45) is 0.648. The number of carbonyl (C=O) groups excluding carboxylic acids is 3. The summed E-state index contributed by atoms with van der Waals surface area (Å²) in [5.74, 6) is -1.44. The zero-order chi connectivity index (χ0) is 25.7. The largest absolute Gasteiger partial charge is 0.463 e. The molecule has 4 rings (SSSR count). The molecule has 0 spiro atoms. The highest BCUT2D eigenvalue weighted by molar-refractivity contribution is 6.02. The molecule has 1 aromatic heterocycles. The van der Waals surface area contributed by atoms with Crippen LogP contribution in [-0.4, -0.2) is 41.0 Å². The third-order valence-electron chi connectivity index (χ3n) is 5.63. The average Bonchev–Trinajstić information content (AvgIpc) is 2.89. The fourth-order valence-electron chi connectivity index (χ4n) is 4.03. The predicted molar refractivity (Wildman–Crippen MR) is 131 cm³/mol. The molecule has 2 amide bonds. The molecule has 10 heteroatoms. The van der Waals surface area contributed by atoms with E-state index in [0.717, 1.165) is 0 Å². The molecule has 2 aromatic carbocycles. The molecule has 0 bridgehead atoms. The van der Waals surface area contributed by atoms with Crippen LogP contribution in [0.2, 0.25) is 0 Å². The number of rotatable bonds is 8. The first-order chi connectivity index (χ1) is 17.4. The van der Waals surface area contributed by atoms with E-state index in [0.29, 0.717) is 29.3 Å². The van der Waals surface area contributed by atoms with Crippen LogP contribution < -0.4 is 16.2 Å². The van der Waals surface area contributed by atoms with Gasteiger partial charge < -0.3 is 20.1 Å². The topological polar surface area (TPSA) is 129 Å². The van der Waals surface area contributed by atoms with Crippen molar-refractivity contribution in [2.75, 3.05) is 13.2 Å². The first kappa shape index (κ1) is 24.6. The van der Waals surface area contributed by atoms with Crippen molar-refractivity contribution < 1.29 is 23.9 Å². The van der Waals surface area contributed by atoms with Gasteiger partial charge in [0.05, 0.1) is 29.3 Å². The second-order valence-electron chi connectivity index (χ2n) is 8.05. The van der Waals surface area contributed by atoms with Gasteiger partial charge in [-0.2, -0.15) is 5.10 Å². The van der Waals surface area contributed by atoms with Gasteiger partial charge in [0, 0.05) is 11.9 Å². The average molecular weight is 491 g/mol. The van der Waals surface area contributed by atoms with Gasteiger partial charge in [-0.05, 0) is 25.0 Å². The predicted octanol–water partition coefficient (Wildman–Crippen LogP) is 2.83. The maximum absolute atomic E-state index is 13.1. The van der Waals surface area contributed by atoms with Gasteiger partial charge in [-0.25, -0.2) is 19.1 Å². The number of nitrogens with zero attached hydrogens (tertiary/aromatic N) is 2. The molecular formula is C26H26N4O6. The standard InChI is InChI=1S/C26H26N4O6/c1-3-14-30-23(31)18-13-9-8-12-17(18)22(29-30)25(33)36-15-19-20(24(32)35-4-2)21(28-26(34)27-19)16-10-6-5-7-11-16/h5-13,21H,3-4,14-15H2,1-2H3,(H2,27,28,34). The van der Waals surface area contributed by atoms with Crippen LogP contribution in [0.4, 0.5) is 4.79 Å². The summed E-state index contributed by atoms with van der Waals surface area (Å²) in [7, 11) is 0. The third kappa shape index (κ3) is 4.97. The van der Waals surface area contributed by atoms with Gasteiger partial charge in [0.2, 0.25) is 0 Å². The van der Waals surface area contributed by atoms with Crippen molar-refractivity contribution in [2.45, 2.75) is 32.9 Å². The van der Waals surface area contributed by atoms with Crippen molar-refractivity contribution in [1.29, 1.82) is 0 Å². The Labute approximate surface area is 206 Å². The van der Waals surface area contributed by atoms with Gasteiger partial charge in [-0.1, -0.05) is 55.5 Å². The Morgan fingerprint density at radius 2 is 1.64 bits per heavy atom. The van der Waals surface area contributed by atoms with E-state index >= 15 is 0 Å². The Morgan fingerprint density at radius 1 is 0.944 bits per heavy atom. The summed E-state index contributed by atoms with van der Waals surface area (Å²) in [6.45, 7) is 3.62. The number of aromatic nitrogens is 2. The minimum absolute atomic E-state index is 0.0307. The molecule has 36 heavy (non-hydrogen) atoms. The Balaban J connectivity index is 1.70. The van der Waals surface area contributed by atoms with Gasteiger partial charge in [0.25, 0.3) is 5.56 Å². The lowest BCUT2D eigenvalue weighted by atomic mass is 9.95. The van der Waals surface area contributed by atoms with Crippen LogP contribution >= 0.6 is 0 Å². The van der Waals surface area contributed by atoms with Crippen LogP contribution in [0.15, 0.2) is 70.7 Å². The normalized spacial score (nSPS) is 15.3. The van der Waals surface area contributed by atoms with Crippen LogP contribution in [0.3, 0.4) is 0 Å². The lowest BCUT2D eigenvalue weighted by Gasteiger charge is -2.29. The molecule has 10 nitrogen and oxygen atoms in total. The van der Waals surface area contributed by atoms with E-state index in [1.54, 1.807) is 55.5 Å². The number of hydrogen-bond acceptors (Lipinski definition) is 7. The van der Waals surface area contributed by atoms with Crippen LogP contribution in [0.25, 0.3) is 10.8 Å². The lowest BCUT2D eigenvalue weighted by molar-refractivity contribution is -0.139. The molecule has 0 radical (unpaired) electrons. The summed E-state index contributed by atoms with van der Waals surface area (Å²) >= 11 is 0. The van der Waals surface area contributed by atoms with E-state index in [9.17, 15) is 19.2 Å². The van der Waals surface area contributed by atoms with E-state index in [2.05, 4.69) is 15.7 Å². The summed E-state index contributed by atoms with van der Waals surface area (Å²) < 4.78 is 12.0. The second-order valence-corrected chi connectivity index (χ2v) is 8.05. The summed E-state index contributed by atoms with van der Waals surface area (Å²) in [5.41, 5.74) is 0.567. The summed E-state index contributed by atoms with van der Waals surface area (Å²) in [4.78, 5) is 51.2. The van der Waals surface area contributed by atoms with E-state index in [1.165, 1.54) is 4.68 Å². The second kappa shape index (κ2) is 10.9. The molecule has 0 saturated carbocycles. The quantitative estimate of drug-likeness (QED) is 0.465. The Morgan fingerprint density at radius 3 is 2.33 bits per heavy atom. The number of ether oxygens (including phenoxy) is 2. The van der Waals surface area contributed by atoms with Gasteiger partial charge in [-0.15, -0.1) is 0 Å². The Kier molecular flexibility index (Phi) is 7.43. The highest BCUT2D eigenvalue weighted by atomic mass is 16.5. The fraction of sp³-hybridized carbons (Fsp3) is 0.269. The lowest BCUT2D eigenvalue weighted by Crippen LogP contribution is -2.47. The van der Waals surface area contributed by atoms with Gasteiger partial charge in [0.15, 0.2) is 5.69 Å². The van der Waals surface area contributed by atoms with Gasteiger partial charge >= 0.3 is 18.0 Å². The summed E-state index contributed by atoms with van der Waals surface area (Å²) in [6, 6.07) is 14.2.